The van der Waals surface area contributed by atoms with Gasteiger partial charge in [-0.3, -0.25) is 4.98 Å². The van der Waals surface area contributed by atoms with E-state index in [0.717, 1.165) is 0 Å². The van der Waals surface area contributed by atoms with Crippen molar-refractivity contribution in [3.05, 3.63) is 17.5 Å². The number of nitrogens with zero attached hydrogens (tertiary/aromatic N) is 2. The topological polar surface area (TPSA) is 55.1 Å². The van der Waals surface area contributed by atoms with Crippen molar-refractivity contribution in [2.24, 2.45) is 0 Å². The molecular formula is C10H8BrF3N2O2. The third kappa shape index (κ3) is 3.50. The first-order valence-corrected chi connectivity index (χ1v) is 5.78. The Morgan fingerprint density at radius 1 is 1.50 bits per heavy atom. The number of pyridine rings is 1. The van der Waals surface area contributed by atoms with Crippen molar-refractivity contribution in [1.29, 1.82) is 5.26 Å². The van der Waals surface area contributed by atoms with Crippen LogP contribution in [-0.2, 0) is 11.8 Å². The molecule has 0 aromatic carbocycles. The van der Waals surface area contributed by atoms with Gasteiger partial charge in [0, 0.05) is 5.33 Å². The van der Waals surface area contributed by atoms with Crippen molar-refractivity contribution < 1.29 is 22.6 Å². The Morgan fingerprint density at radius 3 is 2.61 bits per heavy atom. The Hall–Kier alpha value is -1.49. The number of hydrogen-bond donors (Lipinski definition) is 0. The van der Waals surface area contributed by atoms with Crippen LogP contribution in [0.3, 0.4) is 0 Å². The maximum absolute atomic E-state index is 12.3. The number of rotatable bonds is 4. The van der Waals surface area contributed by atoms with Crippen LogP contribution in [0.15, 0.2) is 6.20 Å². The van der Waals surface area contributed by atoms with Gasteiger partial charge in [-0.1, -0.05) is 15.9 Å². The SMILES string of the molecule is COc1cnc(CC#N)c(OC(F)(F)F)c1CBr. The molecule has 0 N–H and O–H groups in total. The van der Waals surface area contributed by atoms with Gasteiger partial charge in [-0.05, 0) is 0 Å². The molecule has 98 valence electrons. The minimum absolute atomic E-state index is 0.0786. The van der Waals surface area contributed by atoms with Gasteiger partial charge in [0.2, 0.25) is 0 Å². The second-order valence-corrected chi connectivity index (χ2v) is 3.66. The Morgan fingerprint density at radius 2 is 2.17 bits per heavy atom. The molecule has 1 aromatic rings. The molecule has 1 aromatic heterocycles. The van der Waals surface area contributed by atoms with Crippen molar-refractivity contribution in [3.8, 4) is 17.6 Å². The summed E-state index contributed by atoms with van der Waals surface area (Å²) < 4.78 is 45.8. The number of aromatic nitrogens is 1. The quantitative estimate of drug-likeness (QED) is 0.799. The first-order valence-electron chi connectivity index (χ1n) is 4.66. The Balaban J connectivity index is 3.34. The fourth-order valence-corrected chi connectivity index (χ4v) is 1.83. The van der Waals surface area contributed by atoms with E-state index in [9.17, 15) is 13.2 Å². The van der Waals surface area contributed by atoms with Crippen LogP contribution in [0.2, 0.25) is 0 Å². The molecule has 0 aliphatic rings. The van der Waals surface area contributed by atoms with E-state index in [-0.39, 0.29) is 28.8 Å². The van der Waals surface area contributed by atoms with E-state index in [0.29, 0.717) is 0 Å². The van der Waals surface area contributed by atoms with Crippen LogP contribution in [0.1, 0.15) is 11.3 Å². The average molecular weight is 325 g/mol. The number of halogens is 4. The number of methoxy groups -OCH3 is 1. The summed E-state index contributed by atoms with van der Waals surface area (Å²) >= 11 is 3.05. The van der Waals surface area contributed by atoms with Crippen molar-refractivity contribution in [3.63, 3.8) is 0 Å². The lowest BCUT2D eigenvalue weighted by atomic mass is 10.1. The zero-order chi connectivity index (χ0) is 13.8. The molecule has 0 aliphatic carbocycles. The van der Waals surface area contributed by atoms with Crippen LogP contribution in [0.25, 0.3) is 0 Å². The summed E-state index contributed by atoms with van der Waals surface area (Å²) in [5, 5.41) is 8.65. The van der Waals surface area contributed by atoms with Gasteiger partial charge in [0.25, 0.3) is 0 Å². The molecule has 0 unspecified atom stereocenters. The molecule has 0 spiro atoms. The first-order chi connectivity index (χ1) is 8.42. The summed E-state index contributed by atoms with van der Waals surface area (Å²) in [5.74, 6) is -0.326. The van der Waals surface area contributed by atoms with E-state index in [1.807, 2.05) is 0 Å². The first kappa shape index (κ1) is 14.6. The molecule has 0 bridgehead atoms. The van der Waals surface area contributed by atoms with Crippen molar-refractivity contribution in [2.45, 2.75) is 18.1 Å². The Kier molecular flexibility index (Phi) is 4.78. The second-order valence-electron chi connectivity index (χ2n) is 3.10. The molecule has 0 saturated carbocycles. The smallest absolute Gasteiger partial charge is 0.495 e. The predicted molar refractivity (Wildman–Crippen MR) is 59.4 cm³/mol. The van der Waals surface area contributed by atoms with Gasteiger partial charge < -0.3 is 9.47 Å². The van der Waals surface area contributed by atoms with Gasteiger partial charge in [0.15, 0.2) is 5.75 Å². The van der Waals surface area contributed by atoms with Crippen molar-refractivity contribution >= 4 is 15.9 Å². The fraction of sp³-hybridized carbons (Fsp3) is 0.400. The van der Waals surface area contributed by atoms with Gasteiger partial charge in [-0.2, -0.15) is 5.26 Å². The molecule has 8 heteroatoms. The third-order valence-corrected chi connectivity index (χ3v) is 2.55. The normalized spacial score (nSPS) is 10.9. The highest BCUT2D eigenvalue weighted by Gasteiger charge is 2.34. The second kappa shape index (κ2) is 5.91. The fourth-order valence-electron chi connectivity index (χ4n) is 1.30. The highest BCUT2D eigenvalue weighted by atomic mass is 79.9. The number of alkyl halides is 4. The lowest BCUT2D eigenvalue weighted by Gasteiger charge is -2.16. The van der Waals surface area contributed by atoms with Crippen molar-refractivity contribution in [1.82, 2.24) is 4.98 Å². The minimum Gasteiger partial charge on any atom is -0.495 e. The summed E-state index contributed by atoms with van der Waals surface area (Å²) in [6, 6.07) is 1.73. The highest BCUT2D eigenvalue weighted by Crippen LogP contribution is 2.36. The number of ether oxygens (including phenoxy) is 2. The molecule has 0 fully saturated rings. The van der Waals surface area contributed by atoms with E-state index in [1.54, 1.807) is 6.07 Å². The van der Waals surface area contributed by atoms with Gasteiger partial charge in [-0.15, -0.1) is 13.2 Å². The largest absolute Gasteiger partial charge is 0.573 e. The Labute approximate surface area is 109 Å². The maximum Gasteiger partial charge on any atom is 0.573 e. The Bertz CT molecular complexity index is 471. The third-order valence-electron chi connectivity index (χ3n) is 1.99. The lowest BCUT2D eigenvalue weighted by molar-refractivity contribution is -0.275. The summed E-state index contributed by atoms with van der Waals surface area (Å²) in [6.45, 7) is 0. The van der Waals surface area contributed by atoms with E-state index in [2.05, 4.69) is 25.7 Å². The van der Waals surface area contributed by atoms with Gasteiger partial charge in [-0.25, -0.2) is 0 Å². The van der Waals surface area contributed by atoms with E-state index >= 15 is 0 Å². The van der Waals surface area contributed by atoms with Crippen LogP contribution in [0.4, 0.5) is 13.2 Å². The summed E-state index contributed by atoms with van der Waals surface area (Å²) in [7, 11) is 1.31. The molecule has 1 heterocycles. The van der Waals surface area contributed by atoms with E-state index in [4.69, 9.17) is 10.00 Å². The highest BCUT2D eigenvalue weighted by molar-refractivity contribution is 9.08. The molecule has 1 rings (SSSR count). The summed E-state index contributed by atoms with van der Waals surface area (Å²) in [6.07, 6.45) is -3.88. The molecular weight excluding hydrogens is 317 g/mol. The minimum atomic E-state index is -4.85. The van der Waals surface area contributed by atoms with Gasteiger partial charge in [0.1, 0.15) is 5.75 Å². The predicted octanol–water partition coefficient (Wildman–Crippen LogP) is 2.95. The number of nitriles is 1. The van der Waals surface area contributed by atoms with E-state index in [1.165, 1.54) is 13.3 Å². The molecule has 0 saturated heterocycles. The molecule has 18 heavy (non-hydrogen) atoms. The zero-order valence-corrected chi connectivity index (χ0v) is 10.8. The molecule has 0 amide bonds. The van der Waals surface area contributed by atoms with Crippen molar-refractivity contribution in [2.75, 3.05) is 7.11 Å². The van der Waals surface area contributed by atoms with E-state index < -0.39 is 12.1 Å². The maximum atomic E-state index is 12.3. The molecule has 0 radical (unpaired) electrons. The summed E-state index contributed by atoms with van der Waals surface area (Å²) in [5.41, 5.74) is 0.0835. The van der Waals surface area contributed by atoms with Crippen LogP contribution in [0, 0.1) is 11.3 Å². The molecule has 0 aliphatic heterocycles. The molecule has 0 atom stereocenters. The summed E-state index contributed by atoms with van der Waals surface area (Å²) in [4.78, 5) is 3.74. The van der Waals surface area contributed by atoms with Gasteiger partial charge in [0.05, 0.1) is 37.1 Å². The average Bonchev–Trinajstić information content (AvgIpc) is 2.29. The number of hydrogen-bond acceptors (Lipinski definition) is 4. The zero-order valence-electron chi connectivity index (χ0n) is 9.21. The van der Waals surface area contributed by atoms with Gasteiger partial charge >= 0.3 is 6.36 Å². The molecule has 4 nitrogen and oxygen atoms in total. The lowest BCUT2D eigenvalue weighted by Crippen LogP contribution is -2.20. The monoisotopic (exact) mass is 324 g/mol. The van der Waals surface area contributed by atoms with Crippen LogP contribution >= 0.6 is 15.9 Å². The van der Waals surface area contributed by atoms with Crippen LogP contribution in [-0.4, -0.2) is 18.5 Å². The standard InChI is InChI=1S/C10H8BrF3N2O2/c1-17-8-5-16-7(2-3-15)9(6(8)4-11)18-10(12,13)14/h5H,2,4H2,1H3. The van der Waals surface area contributed by atoms with Crippen LogP contribution < -0.4 is 9.47 Å². The van der Waals surface area contributed by atoms with Crippen LogP contribution in [0.5, 0.6) is 11.5 Å².